The third-order valence-electron chi connectivity index (χ3n) is 2.18. The van der Waals surface area contributed by atoms with E-state index in [-0.39, 0.29) is 5.91 Å². The van der Waals surface area contributed by atoms with Crippen LogP contribution in [0.2, 0.25) is 0 Å². The zero-order valence-electron chi connectivity index (χ0n) is 9.80. The van der Waals surface area contributed by atoms with Crippen molar-refractivity contribution in [3.05, 3.63) is 35.6 Å². The van der Waals surface area contributed by atoms with Gasteiger partial charge >= 0.3 is 0 Å². The van der Waals surface area contributed by atoms with E-state index in [1.165, 1.54) is 11.3 Å². The Morgan fingerprint density at radius 1 is 1.44 bits per heavy atom. The molecule has 90 valence electrons. The van der Waals surface area contributed by atoms with Gasteiger partial charge in [0.25, 0.3) is 5.91 Å². The third-order valence-corrected chi connectivity index (χ3v) is 3.07. The van der Waals surface area contributed by atoms with Crippen molar-refractivity contribution in [1.82, 2.24) is 15.3 Å². The van der Waals surface area contributed by atoms with Crippen LogP contribution >= 0.6 is 11.3 Å². The molecule has 4 nitrogen and oxygen atoms in total. The molecule has 0 aliphatic rings. The number of amides is 1. The number of carbonyl (C=O) groups is 1. The van der Waals surface area contributed by atoms with E-state index >= 15 is 0 Å². The minimum Gasteiger partial charge on any atom is -0.340 e. The summed E-state index contributed by atoms with van der Waals surface area (Å²) in [6.45, 7) is 2.08. The number of aromatic nitrogens is 2. The fraction of sp³-hybridized carbons (Fsp3) is 0.154. The van der Waals surface area contributed by atoms with Gasteiger partial charge in [-0.3, -0.25) is 9.78 Å². The summed E-state index contributed by atoms with van der Waals surface area (Å²) < 4.78 is 0. The summed E-state index contributed by atoms with van der Waals surface area (Å²) in [7, 11) is 0. The van der Waals surface area contributed by atoms with Crippen LogP contribution in [0, 0.1) is 11.8 Å². The third kappa shape index (κ3) is 2.93. The number of nitrogens with one attached hydrogen (secondary N) is 1. The first-order valence-electron chi connectivity index (χ1n) is 5.35. The highest BCUT2D eigenvalue weighted by atomic mass is 32.1. The summed E-state index contributed by atoms with van der Waals surface area (Å²) in [5, 5.41) is 5.23. The highest BCUT2D eigenvalue weighted by molar-refractivity contribution is 7.13. The predicted molar refractivity (Wildman–Crippen MR) is 71.1 cm³/mol. The average molecular weight is 257 g/mol. The fourth-order valence-corrected chi connectivity index (χ4v) is 2.11. The average Bonchev–Trinajstić information content (AvgIpc) is 2.89. The normalized spacial score (nSPS) is 9.39. The second-order valence-corrected chi connectivity index (χ2v) is 4.24. The number of carbonyl (C=O) groups excluding carboxylic acids is 1. The summed E-state index contributed by atoms with van der Waals surface area (Å²) in [6, 6.07) is 3.73. The summed E-state index contributed by atoms with van der Waals surface area (Å²) >= 11 is 1.43. The summed E-state index contributed by atoms with van der Waals surface area (Å²) in [6.07, 6.45) is 3.40. The molecular weight excluding hydrogens is 246 g/mol. The number of rotatable bonds is 3. The number of hydrogen-bond donors (Lipinski definition) is 1. The minimum atomic E-state index is -0.200. The Morgan fingerprint density at radius 3 is 2.94 bits per heavy atom. The van der Waals surface area contributed by atoms with Gasteiger partial charge in [-0.25, -0.2) is 4.98 Å². The molecule has 0 aromatic carbocycles. The van der Waals surface area contributed by atoms with Gasteiger partial charge in [0.2, 0.25) is 0 Å². The Morgan fingerprint density at radius 2 is 2.22 bits per heavy atom. The van der Waals surface area contributed by atoms with E-state index in [2.05, 4.69) is 27.1 Å². The second kappa shape index (κ2) is 5.94. The maximum atomic E-state index is 11.7. The summed E-state index contributed by atoms with van der Waals surface area (Å²) in [5.41, 5.74) is 1.38. The zero-order valence-corrected chi connectivity index (χ0v) is 10.6. The van der Waals surface area contributed by atoms with Crippen molar-refractivity contribution >= 4 is 17.2 Å². The minimum absolute atomic E-state index is 0.200. The lowest BCUT2D eigenvalue weighted by Gasteiger charge is -1.96. The molecule has 2 aromatic rings. The van der Waals surface area contributed by atoms with Crippen molar-refractivity contribution in [3.8, 4) is 22.4 Å². The summed E-state index contributed by atoms with van der Waals surface area (Å²) in [5.74, 6) is 5.29. The first-order chi connectivity index (χ1) is 8.81. The highest BCUT2D eigenvalue weighted by Crippen LogP contribution is 2.22. The maximum absolute atomic E-state index is 11.7. The molecule has 0 atom stereocenters. The Labute approximate surface area is 109 Å². The topological polar surface area (TPSA) is 54.9 Å². The van der Waals surface area contributed by atoms with Crippen LogP contribution in [0.1, 0.15) is 17.4 Å². The van der Waals surface area contributed by atoms with Gasteiger partial charge < -0.3 is 5.32 Å². The maximum Gasteiger partial charge on any atom is 0.271 e. The van der Waals surface area contributed by atoms with Crippen LogP contribution in [0.4, 0.5) is 0 Å². The highest BCUT2D eigenvalue weighted by Gasteiger charge is 2.10. The molecule has 0 unspecified atom stereocenters. The van der Waals surface area contributed by atoms with Gasteiger partial charge in [-0.05, 0) is 19.1 Å². The van der Waals surface area contributed by atoms with Crippen LogP contribution in [-0.2, 0) is 0 Å². The lowest BCUT2D eigenvalue weighted by atomic mass is 10.3. The molecule has 0 bridgehead atoms. The van der Waals surface area contributed by atoms with Gasteiger partial charge in [0.1, 0.15) is 10.7 Å². The van der Waals surface area contributed by atoms with Crippen LogP contribution in [0.25, 0.3) is 10.6 Å². The Bertz CT molecular complexity index is 595. The van der Waals surface area contributed by atoms with Crippen molar-refractivity contribution in [2.24, 2.45) is 0 Å². The standard InChI is InChI=1S/C13H11N3OS/c1-2-3-6-15-12(17)11-9-18-13(16-11)10-4-7-14-8-5-10/h4-5,7-9H,6H2,1H3,(H,15,17). The van der Waals surface area contributed by atoms with E-state index in [1.807, 2.05) is 12.1 Å². The molecule has 0 aliphatic heterocycles. The first-order valence-corrected chi connectivity index (χ1v) is 6.23. The largest absolute Gasteiger partial charge is 0.340 e. The molecule has 2 aromatic heterocycles. The molecule has 0 fully saturated rings. The van der Waals surface area contributed by atoms with Crippen LogP contribution in [-0.4, -0.2) is 22.4 Å². The van der Waals surface area contributed by atoms with Crippen molar-refractivity contribution in [1.29, 1.82) is 0 Å². The van der Waals surface area contributed by atoms with Crippen LogP contribution < -0.4 is 5.32 Å². The molecule has 0 saturated heterocycles. The van der Waals surface area contributed by atoms with Gasteiger partial charge in [0.15, 0.2) is 0 Å². The lowest BCUT2D eigenvalue weighted by Crippen LogP contribution is -2.23. The van der Waals surface area contributed by atoms with Gasteiger partial charge in [0.05, 0.1) is 6.54 Å². The van der Waals surface area contributed by atoms with Crippen molar-refractivity contribution in [3.63, 3.8) is 0 Å². The van der Waals surface area contributed by atoms with Crippen LogP contribution in [0.5, 0.6) is 0 Å². The van der Waals surface area contributed by atoms with Crippen molar-refractivity contribution < 1.29 is 4.79 Å². The van der Waals surface area contributed by atoms with Gasteiger partial charge in [-0.2, -0.15) is 0 Å². The Kier molecular flexibility index (Phi) is 4.05. The molecule has 0 aliphatic carbocycles. The first kappa shape index (κ1) is 12.3. The van der Waals surface area contributed by atoms with E-state index in [0.29, 0.717) is 12.2 Å². The van der Waals surface area contributed by atoms with Crippen LogP contribution in [0.15, 0.2) is 29.9 Å². The zero-order chi connectivity index (χ0) is 12.8. The molecule has 5 heteroatoms. The van der Waals surface area contributed by atoms with Crippen LogP contribution in [0.3, 0.4) is 0 Å². The van der Waals surface area contributed by atoms with Gasteiger partial charge in [-0.15, -0.1) is 17.3 Å². The summed E-state index contributed by atoms with van der Waals surface area (Å²) in [4.78, 5) is 20.0. The molecule has 0 radical (unpaired) electrons. The van der Waals surface area contributed by atoms with Gasteiger partial charge in [0, 0.05) is 23.3 Å². The number of nitrogens with zero attached hydrogens (tertiary/aromatic N) is 2. The van der Waals surface area contributed by atoms with Crippen molar-refractivity contribution in [2.45, 2.75) is 6.92 Å². The molecule has 2 heterocycles. The lowest BCUT2D eigenvalue weighted by molar-refractivity contribution is 0.0954. The molecule has 2 rings (SSSR count). The predicted octanol–water partition coefficient (Wildman–Crippen LogP) is 1.96. The molecular formula is C13H11N3OS. The second-order valence-electron chi connectivity index (χ2n) is 3.38. The fourth-order valence-electron chi connectivity index (χ4n) is 1.31. The molecule has 1 amide bonds. The van der Waals surface area contributed by atoms with E-state index in [9.17, 15) is 4.79 Å². The van der Waals surface area contributed by atoms with Crippen molar-refractivity contribution in [2.75, 3.05) is 6.54 Å². The Hall–Kier alpha value is -2.19. The smallest absolute Gasteiger partial charge is 0.271 e. The number of hydrogen-bond acceptors (Lipinski definition) is 4. The van der Waals surface area contributed by atoms with E-state index < -0.39 is 0 Å². The van der Waals surface area contributed by atoms with Gasteiger partial charge in [-0.1, -0.05) is 5.92 Å². The Balaban J connectivity index is 2.10. The number of pyridine rings is 1. The monoisotopic (exact) mass is 257 g/mol. The van der Waals surface area contributed by atoms with E-state index in [0.717, 1.165) is 10.6 Å². The number of thiazole rings is 1. The quantitative estimate of drug-likeness (QED) is 0.855. The molecule has 1 N–H and O–H groups in total. The van der Waals surface area contributed by atoms with E-state index in [4.69, 9.17) is 0 Å². The molecule has 18 heavy (non-hydrogen) atoms. The molecule has 0 saturated carbocycles. The molecule has 0 spiro atoms. The van der Waals surface area contributed by atoms with E-state index in [1.54, 1.807) is 24.7 Å². The SMILES string of the molecule is CC#CCNC(=O)c1csc(-c2ccncc2)n1.